The van der Waals surface area contributed by atoms with E-state index in [1.54, 1.807) is 19.1 Å². The number of H-pyrrole nitrogens is 1. The molecule has 2 aromatic carbocycles. The van der Waals surface area contributed by atoms with Crippen molar-refractivity contribution in [1.29, 1.82) is 0 Å². The Balaban J connectivity index is 1.85. The molecule has 0 unspecified atom stereocenters. The fraction of sp³-hybridized carbons (Fsp3) is 0.0556. The van der Waals surface area contributed by atoms with E-state index in [-0.39, 0.29) is 17.3 Å². The number of aromatic amines is 1. The van der Waals surface area contributed by atoms with Crippen molar-refractivity contribution in [2.75, 3.05) is 5.43 Å². The lowest BCUT2D eigenvalue weighted by Gasteiger charge is -2.05. The Labute approximate surface area is 137 Å². The number of benzene rings is 2. The van der Waals surface area contributed by atoms with E-state index < -0.39 is 0 Å². The van der Waals surface area contributed by atoms with Crippen LogP contribution in [0.2, 0.25) is 0 Å². The lowest BCUT2D eigenvalue weighted by molar-refractivity contribution is 0.628. The Kier molecular flexibility index (Phi) is 4.47. The van der Waals surface area contributed by atoms with Crippen molar-refractivity contribution in [1.82, 2.24) is 9.97 Å². The third kappa shape index (κ3) is 3.73. The number of nitrogens with one attached hydrogen (secondary N) is 2. The topological polar surface area (TPSA) is 70.1 Å². The quantitative estimate of drug-likeness (QED) is 0.571. The van der Waals surface area contributed by atoms with Gasteiger partial charge in [-0.25, -0.2) is 14.8 Å². The van der Waals surface area contributed by atoms with Gasteiger partial charge in [-0.15, -0.1) is 0 Å². The van der Waals surface area contributed by atoms with Gasteiger partial charge in [0.1, 0.15) is 5.82 Å². The van der Waals surface area contributed by atoms with Gasteiger partial charge >= 0.3 is 0 Å². The molecule has 3 rings (SSSR count). The van der Waals surface area contributed by atoms with Crippen LogP contribution < -0.4 is 11.0 Å². The molecule has 0 aliphatic rings. The molecule has 120 valence electrons. The second-order valence-corrected chi connectivity index (χ2v) is 5.16. The molecule has 0 radical (unpaired) electrons. The van der Waals surface area contributed by atoms with Gasteiger partial charge in [0, 0.05) is 11.6 Å². The molecule has 3 aromatic rings. The predicted octanol–water partition coefficient (Wildman–Crippen LogP) is 3.41. The van der Waals surface area contributed by atoms with Crippen molar-refractivity contribution in [2.45, 2.75) is 6.92 Å². The number of hydrogen-bond donors (Lipinski definition) is 2. The van der Waals surface area contributed by atoms with Crippen molar-refractivity contribution >= 4 is 11.7 Å². The van der Waals surface area contributed by atoms with Crippen LogP contribution in [0.5, 0.6) is 0 Å². The molecule has 5 nitrogen and oxygen atoms in total. The lowest BCUT2D eigenvalue weighted by atomic mass is 10.1. The van der Waals surface area contributed by atoms with Crippen molar-refractivity contribution in [2.24, 2.45) is 5.10 Å². The summed E-state index contributed by atoms with van der Waals surface area (Å²) in [6.07, 6.45) is 0. The molecule has 0 amide bonds. The van der Waals surface area contributed by atoms with Crippen molar-refractivity contribution in [3.63, 3.8) is 0 Å². The highest BCUT2D eigenvalue weighted by Crippen LogP contribution is 2.15. The summed E-state index contributed by atoms with van der Waals surface area (Å²) in [5, 5.41) is 4.18. The van der Waals surface area contributed by atoms with Crippen LogP contribution in [-0.2, 0) is 0 Å². The summed E-state index contributed by atoms with van der Waals surface area (Å²) < 4.78 is 12.9. The molecule has 1 aromatic heterocycles. The molecule has 2 N–H and O–H groups in total. The molecular weight excluding hydrogens is 307 g/mol. The smallest absolute Gasteiger partial charge is 0.252 e. The zero-order chi connectivity index (χ0) is 16.9. The second kappa shape index (κ2) is 6.87. The molecule has 0 aliphatic heterocycles. The Morgan fingerprint density at radius 3 is 2.54 bits per heavy atom. The third-order valence-electron chi connectivity index (χ3n) is 3.40. The average Bonchev–Trinajstić information content (AvgIpc) is 2.60. The fourth-order valence-corrected chi connectivity index (χ4v) is 2.16. The zero-order valence-electron chi connectivity index (χ0n) is 13.0. The predicted molar refractivity (Wildman–Crippen MR) is 92.5 cm³/mol. The monoisotopic (exact) mass is 322 g/mol. The van der Waals surface area contributed by atoms with Crippen molar-refractivity contribution in [3.05, 3.63) is 82.4 Å². The highest BCUT2D eigenvalue weighted by molar-refractivity contribution is 5.98. The molecule has 0 aliphatic carbocycles. The molecule has 0 fully saturated rings. The Bertz CT molecular complexity index is 918. The van der Waals surface area contributed by atoms with Gasteiger partial charge in [-0.1, -0.05) is 42.5 Å². The van der Waals surface area contributed by atoms with Crippen LogP contribution in [0.3, 0.4) is 0 Å². The standard InChI is InChI=1S/C18H15FN4O/c1-12(13-7-9-15(19)10-8-13)22-23-18-20-16(11-17(24)21-18)14-5-3-2-4-6-14/h2-11H,1H3,(H2,20,21,23,24). The molecule has 0 atom stereocenters. The molecule has 24 heavy (non-hydrogen) atoms. The highest BCUT2D eigenvalue weighted by atomic mass is 19.1. The van der Waals surface area contributed by atoms with E-state index in [4.69, 9.17) is 0 Å². The SMILES string of the molecule is CC(=NNc1nc(-c2ccccc2)cc(=O)[nH]1)c1ccc(F)cc1. The summed E-state index contributed by atoms with van der Waals surface area (Å²) in [4.78, 5) is 18.7. The molecule has 0 bridgehead atoms. The van der Waals surface area contributed by atoms with E-state index in [0.29, 0.717) is 11.4 Å². The Morgan fingerprint density at radius 2 is 1.83 bits per heavy atom. The number of halogens is 1. The molecule has 0 saturated carbocycles. The van der Waals surface area contributed by atoms with Gasteiger partial charge in [-0.3, -0.25) is 9.78 Å². The maximum Gasteiger partial charge on any atom is 0.252 e. The highest BCUT2D eigenvalue weighted by Gasteiger charge is 2.04. The van der Waals surface area contributed by atoms with Crippen molar-refractivity contribution < 1.29 is 4.39 Å². The Morgan fingerprint density at radius 1 is 1.12 bits per heavy atom. The first-order valence-electron chi connectivity index (χ1n) is 7.35. The molecule has 0 spiro atoms. The maximum absolute atomic E-state index is 12.9. The molecular formula is C18H15FN4O. The molecule has 1 heterocycles. The van der Waals surface area contributed by atoms with Crippen molar-refractivity contribution in [3.8, 4) is 11.3 Å². The van der Waals surface area contributed by atoms with E-state index in [9.17, 15) is 9.18 Å². The van der Waals surface area contributed by atoms with Gasteiger partial charge in [-0.05, 0) is 24.6 Å². The number of hydrazone groups is 1. The first kappa shape index (κ1) is 15.6. The normalized spacial score (nSPS) is 11.3. The minimum Gasteiger partial charge on any atom is -0.291 e. The average molecular weight is 322 g/mol. The summed E-state index contributed by atoms with van der Waals surface area (Å²) in [7, 11) is 0. The number of aromatic nitrogens is 2. The molecule has 0 saturated heterocycles. The number of rotatable bonds is 4. The van der Waals surface area contributed by atoms with Crippen LogP contribution >= 0.6 is 0 Å². The van der Waals surface area contributed by atoms with Crippen LogP contribution in [0.25, 0.3) is 11.3 Å². The summed E-state index contributed by atoms with van der Waals surface area (Å²) in [6.45, 7) is 1.78. The van der Waals surface area contributed by atoms with E-state index >= 15 is 0 Å². The van der Waals surface area contributed by atoms with Gasteiger partial charge in [-0.2, -0.15) is 5.10 Å². The summed E-state index contributed by atoms with van der Waals surface area (Å²) >= 11 is 0. The van der Waals surface area contributed by atoms with E-state index in [1.165, 1.54) is 18.2 Å². The zero-order valence-corrected chi connectivity index (χ0v) is 13.0. The minimum atomic E-state index is -0.305. The second-order valence-electron chi connectivity index (χ2n) is 5.16. The summed E-state index contributed by atoms with van der Waals surface area (Å²) in [6, 6.07) is 16.8. The van der Waals surface area contributed by atoms with Gasteiger partial charge < -0.3 is 0 Å². The van der Waals surface area contributed by atoms with Crippen LogP contribution in [0.15, 0.2) is 70.6 Å². The lowest BCUT2D eigenvalue weighted by Crippen LogP contribution is -2.11. The number of nitrogens with zero attached hydrogens (tertiary/aromatic N) is 2. The van der Waals surface area contributed by atoms with Crippen LogP contribution in [-0.4, -0.2) is 15.7 Å². The first-order valence-corrected chi connectivity index (χ1v) is 7.35. The largest absolute Gasteiger partial charge is 0.291 e. The minimum absolute atomic E-state index is 0.239. The maximum atomic E-state index is 12.9. The van der Waals surface area contributed by atoms with Crippen LogP contribution in [0, 0.1) is 5.82 Å². The van der Waals surface area contributed by atoms with Gasteiger partial charge in [0.05, 0.1) is 11.4 Å². The van der Waals surface area contributed by atoms with Crippen LogP contribution in [0.1, 0.15) is 12.5 Å². The number of anilines is 1. The van der Waals surface area contributed by atoms with E-state index in [0.717, 1.165) is 11.1 Å². The van der Waals surface area contributed by atoms with Gasteiger partial charge in [0.2, 0.25) is 5.95 Å². The summed E-state index contributed by atoms with van der Waals surface area (Å²) in [5.74, 6) is -0.0658. The Hall–Kier alpha value is -3.28. The summed E-state index contributed by atoms with van der Waals surface area (Å²) in [5.41, 5.74) is 5.26. The van der Waals surface area contributed by atoms with Gasteiger partial charge in [0.15, 0.2) is 0 Å². The third-order valence-corrected chi connectivity index (χ3v) is 3.40. The molecule has 6 heteroatoms. The van der Waals surface area contributed by atoms with E-state index in [2.05, 4.69) is 20.5 Å². The van der Waals surface area contributed by atoms with Gasteiger partial charge in [0.25, 0.3) is 5.56 Å². The number of hydrogen-bond acceptors (Lipinski definition) is 4. The van der Waals surface area contributed by atoms with Crippen LogP contribution in [0.4, 0.5) is 10.3 Å². The first-order chi connectivity index (χ1) is 11.6. The van der Waals surface area contributed by atoms with E-state index in [1.807, 2.05) is 30.3 Å². The fourth-order valence-electron chi connectivity index (χ4n) is 2.16.